The predicted octanol–water partition coefficient (Wildman–Crippen LogP) is 4.31. The van der Waals surface area contributed by atoms with Gasteiger partial charge in [-0.1, -0.05) is 18.2 Å². The van der Waals surface area contributed by atoms with Crippen molar-refractivity contribution in [3.63, 3.8) is 0 Å². The molecule has 6 nitrogen and oxygen atoms in total. The van der Waals surface area contributed by atoms with Crippen molar-refractivity contribution < 1.29 is 23.0 Å². The first-order chi connectivity index (χ1) is 16.4. The number of aryl methyl sites for hydroxylation is 1. The number of hydrogen-bond donors (Lipinski definition) is 0. The predicted molar refractivity (Wildman–Crippen MR) is 128 cm³/mol. The van der Waals surface area contributed by atoms with Crippen molar-refractivity contribution in [1.82, 2.24) is 9.80 Å². The highest BCUT2D eigenvalue weighted by atomic mass is 19.3. The van der Waals surface area contributed by atoms with E-state index in [2.05, 4.69) is 45.7 Å². The van der Waals surface area contributed by atoms with Crippen LogP contribution < -0.4 is 14.4 Å². The number of rotatable bonds is 10. The number of piperazine rings is 1. The van der Waals surface area contributed by atoms with Crippen molar-refractivity contribution in [3.05, 3.63) is 53.6 Å². The number of nitrogens with zero attached hydrogens (tertiary/aromatic N) is 3. The van der Waals surface area contributed by atoms with Gasteiger partial charge in [-0.05, 0) is 62.1 Å². The minimum atomic E-state index is -2.91. The Labute approximate surface area is 200 Å². The van der Waals surface area contributed by atoms with E-state index in [1.54, 1.807) is 19.1 Å². The number of ether oxygens (including phenoxy) is 2. The summed E-state index contributed by atoms with van der Waals surface area (Å²) in [7, 11) is 0. The van der Waals surface area contributed by atoms with E-state index < -0.39 is 6.61 Å². The number of amides is 1. The molecule has 1 aliphatic heterocycles. The number of benzene rings is 2. The summed E-state index contributed by atoms with van der Waals surface area (Å²) in [6.07, 6.45) is 2.14. The molecule has 34 heavy (non-hydrogen) atoms. The van der Waals surface area contributed by atoms with Gasteiger partial charge in [0.1, 0.15) is 0 Å². The van der Waals surface area contributed by atoms with Crippen LogP contribution in [0.3, 0.4) is 0 Å². The van der Waals surface area contributed by atoms with Crippen molar-refractivity contribution in [2.45, 2.75) is 45.9 Å². The molecule has 0 unspecified atom stereocenters. The van der Waals surface area contributed by atoms with Crippen LogP contribution in [-0.4, -0.2) is 67.7 Å². The topological polar surface area (TPSA) is 45.2 Å². The normalized spacial score (nSPS) is 16.3. The molecule has 1 aliphatic carbocycles. The Morgan fingerprint density at radius 1 is 1.09 bits per heavy atom. The van der Waals surface area contributed by atoms with E-state index in [0.29, 0.717) is 44.6 Å². The van der Waals surface area contributed by atoms with Crippen molar-refractivity contribution in [2.75, 3.05) is 44.2 Å². The molecular weight excluding hydrogens is 440 g/mol. The second kappa shape index (κ2) is 11.0. The molecule has 2 aliphatic rings. The van der Waals surface area contributed by atoms with Crippen LogP contribution in [0.15, 0.2) is 42.5 Å². The Balaban J connectivity index is 1.35. The lowest BCUT2D eigenvalue weighted by Crippen LogP contribution is -2.51. The molecule has 4 rings (SSSR count). The van der Waals surface area contributed by atoms with Crippen LogP contribution in [0, 0.1) is 6.92 Å². The van der Waals surface area contributed by atoms with E-state index in [9.17, 15) is 13.6 Å². The zero-order valence-corrected chi connectivity index (χ0v) is 19.9. The Morgan fingerprint density at radius 2 is 1.85 bits per heavy atom. The quantitative estimate of drug-likeness (QED) is 0.515. The van der Waals surface area contributed by atoms with Crippen LogP contribution in [0.25, 0.3) is 0 Å². The summed E-state index contributed by atoms with van der Waals surface area (Å²) in [6, 6.07) is 13.9. The maximum atomic E-state index is 13.1. The Kier molecular flexibility index (Phi) is 7.88. The highest BCUT2D eigenvalue weighted by Crippen LogP contribution is 2.33. The molecule has 0 N–H and O–H groups in total. The van der Waals surface area contributed by atoms with Crippen LogP contribution >= 0.6 is 0 Å². The number of hydrogen-bond acceptors (Lipinski definition) is 5. The van der Waals surface area contributed by atoms with Crippen LogP contribution in [0.4, 0.5) is 14.5 Å². The first kappa shape index (κ1) is 24.3. The van der Waals surface area contributed by atoms with E-state index in [4.69, 9.17) is 4.74 Å². The zero-order valence-electron chi connectivity index (χ0n) is 19.9. The van der Waals surface area contributed by atoms with Gasteiger partial charge in [-0.15, -0.1) is 0 Å². The van der Waals surface area contributed by atoms with Gasteiger partial charge < -0.3 is 19.3 Å². The van der Waals surface area contributed by atoms with Crippen molar-refractivity contribution >= 4 is 11.6 Å². The number of carbonyl (C=O) groups excluding carboxylic acids is 1. The Bertz CT molecular complexity index is 976. The first-order valence-corrected chi connectivity index (χ1v) is 12.0. The Hall–Kier alpha value is -2.87. The van der Waals surface area contributed by atoms with Gasteiger partial charge in [0.15, 0.2) is 11.5 Å². The molecule has 0 spiro atoms. The number of halogens is 2. The fraction of sp³-hybridized carbons (Fsp3) is 0.500. The maximum absolute atomic E-state index is 13.1. The smallest absolute Gasteiger partial charge is 0.387 e. The van der Waals surface area contributed by atoms with E-state index in [-0.39, 0.29) is 11.7 Å². The molecule has 2 aromatic rings. The average molecular weight is 474 g/mol. The highest BCUT2D eigenvalue weighted by Gasteiger charge is 2.32. The monoisotopic (exact) mass is 473 g/mol. The zero-order chi connectivity index (χ0) is 24.1. The lowest BCUT2D eigenvalue weighted by molar-refractivity contribution is -0.133. The molecule has 1 saturated heterocycles. The van der Waals surface area contributed by atoms with E-state index in [1.807, 2.05) is 4.90 Å². The van der Waals surface area contributed by atoms with Crippen LogP contribution in [-0.2, 0) is 11.3 Å². The first-order valence-electron chi connectivity index (χ1n) is 12.0. The summed E-state index contributed by atoms with van der Waals surface area (Å²) < 4.78 is 35.5. The van der Waals surface area contributed by atoms with Gasteiger partial charge in [0.2, 0.25) is 5.91 Å². The van der Waals surface area contributed by atoms with Gasteiger partial charge in [-0.3, -0.25) is 9.69 Å². The summed E-state index contributed by atoms with van der Waals surface area (Å²) >= 11 is 0. The van der Waals surface area contributed by atoms with Gasteiger partial charge >= 0.3 is 6.61 Å². The van der Waals surface area contributed by atoms with Crippen molar-refractivity contribution in [1.29, 1.82) is 0 Å². The van der Waals surface area contributed by atoms with E-state index in [1.165, 1.54) is 17.3 Å². The molecule has 1 saturated carbocycles. The van der Waals surface area contributed by atoms with E-state index in [0.717, 1.165) is 31.5 Å². The molecule has 2 aromatic carbocycles. The third-order valence-corrected chi connectivity index (χ3v) is 6.31. The lowest BCUT2D eigenvalue weighted by Gasteiger charge is -2.37. The van der Waals surface area contributed by atoms with Crippen LogP contribution in [0.2, 0.25) is 0 Å². The summed E-state index contributed by atoms with van der Waals surface area (Å²) in [5.74, 6) is 0.467. The minimum Gasteiger partial charge on any atom is -0.490 e. The van der Waals surface area contributed by atoms with Gasteiger partial charge in [0.05, 0.1) is 13.2 Å². The van der Waals surface area contributed by atoms with Gasteiger partial charge in [-0.2, -0.15) is 8.78 Å². The fourth-order valence-electron chi connectivity index (χ4n) is 4.41. The molecule has 1 heterocycles. The van der Waals surface area contributed by atoms with Gasteiger partial charge in [0.25, 0.3) is 0 Å². The maximum Gasteiger partial charge on any atom is 0.387 e. The molecular formula is C26H33F2N3O3. The van der Waals surface area contributed by atoms with Crippen LogP contribution in [0.1, 0.15) is 30.9 Å². The summed E-state index contributed by atoms with van der Waals surface area (Å²) in [5, 5.41) is 0. The molecule has 2 fully saturated rings. The summed E-state index contributed by atoms with van der Waals surface area (Å²) in [4.78, 5) is 19.6. The third kappa shape index (κ3) is 6.38. The van der Waals surface area contributed by atoms with E-state index >= 15 is 0 Å². The highest BCUT2D eigenvalue weighted by molar-refractivity contribution is 5.78. The van der Waals surface area contributed by atoms with Gasteiger partial charge in [0, 0.05) is 44.5 Å². The molecule has 1 amide bonds. The van der Waals surface area contributed by atoms with Crippen molar-refractivity contribution in [3.8, 4) is 11.5 Å². The standard InChI is InChI=1S/C26H33F2N3O3/c1-3-33-24-16-20(7-10-23(24)34-26(27)28)17-31(21-8-9-21)18-25(32)30-13-11-29(12-14-30)22-6-4-5-19(2)15-22/h4-7,10,15-16,21,26H,3,8-9,11-14,17-18H2,1-2H3. The molecule has 0 radical (unpaired) electrons. The number of alkyl halides is 2. The second-order valence-electron chi connectivity index (χ2n) is 8.94. The lowest BCUT2D eigenvalue weighted by atomic mass is 10.1. The minimum absolute atomic E-state index is 0.0288. The molecule has 0 bridgehead atoms. The number of anilines is 1. The molecule has 184 valence electrons. The summed E-state index contributed by atoms with van der Waals surface area (Å²) in [5.41, 5.74) is 3.35. The second-order valence-corrected chi connectivity index (χ2v) is 8.94. The fourth-order valence-corrected chi connectivity index (χ4v) is 4.41. The van der Waals surface area contributed by atoms with Gasteiger partial charge in [-0.25, -0.2) is 0 Å². The van der Waals surface area contributed by atoms with Crippen molar-refractivity contribution in [2.24, 2.45) is 0 Å². The van der Waals surface area contributed by atoms with Crippen LogP contribution in [0.5, 0.6) is 11.5 Å². The third-order valence-electron chi connectivity index (χ3n) is 6.31. The molecule has 8 heteroatoms. The average Bonchev–Trinajstić information content (AvgIpc) is 3.66. The SMILES string of the molecule is CCOc1cc(CN(CC(=O)N2CCN(c3cccc(C)c3)CC2)C2CC2)ccc1OC(F)F. The molecule has 0 aromatic heterocycles. The molecule has 0 atom stereocenters. The summed E-state index contributed by atoms with van der Waals surface area (Å²) in [6.45, 7) is 5.31. The number of carbonyl (C=O) groups is 1. The Morgan fingerprint density at radius 3 is 2.50 bits per heavy atom. The largest absolute Gasteiger partial charge is 0.490 e.